The van der Waals surface area contributed by atoms with Gasteiger partial charge in [-0.05, 0) is 0 Å². The van der Waals surface area contributed by atoms with Gasteiger partial charge in [-0.25, -0.2) is 0 Å². The van der Waals surface area contributed by atoms with Gasteiger partial charge in [0.15, 0.2) is 0 Å². The molecule has 0 fully saturated rings. The van der Waals surface area contributed by atoms with Crippen molar-refractivity contribution in [2.75, 3.05) is 0 Å². The summed E-state index contributed by atoms with van der Waals surface area (Å²) in [5, 5.41) is 0. The van der Waals surface area contributed by atoms with E-state index in [0.717, 1.165) is 0 Å². The molecule has 0 spiro atoms. The van der Waals surface area contributed by atoms with Gasteiger partial charge in [-0.3, -0.25) is 0 Å². The Hall–Kier alpha value is -0.420. The molecule has 0 atom stereocenters. The van der Waals surface area contributed by atoms with E-state index in [1.165, 1.54) is 0 Å². The van der Waals surface area contributed by atoms with E-state index in [0.29, 0.717) is 0 Å². The van der Waals surface area contributed by atoms with Gasteiger partial charge in [-0.2, -0.15) is 0 Å². The maximum Gasteiger partial charge on any atom is 4.00 e. The predicted molar refractivity (Wildman–Crippen MR) is 5.47 cm³/mol. The SMILES string of the molecule is [C+4].[F-].[F-].[F-].[F-].[F-].[F-].[H+].[H+]. The van der Waals surface area contributed by atoms with E-state index in [-0.39, 0.29) is 38.5 Å². The van der Waals surface area contributed by atoms with E-state index in [9.17, 15) is 0 Å². The van der Waals surface area contributed by atoms with Crippen molar-refractivity contribution < 1.29 is 31.1 Å². The largest absolute Gasteiger partial charge is 4.00 e. The third-order valence-electron chi connectivity index (χ3n) is 0. The molecule has 0 saturated heterocycles. The first kappa shape index (κ1) is 1160. The van der Waals surface area contributed by atoms with E-state index in [1.807, 2.05) is 0 Å². The molecule has 0 bridgehead atoms. The molecule has 0 radical (unpaired) electrons. The van der Waals surface area contributed by atoms with Crippen molar-refractivity contribution in [3.8, 4) is 0 Å². The molecule has 0 aromatic carbocycles. The smallest absolute Gasteiger partial charge is 1.00 e. The zero-order chi connectivity index (χ0) is 0. The Morgan fingerprint density at radius 3 is 0.429 bits per heavy atom. The summed E-state index contributed by atoms with van der Waals surface area (Å²) in [6.07, 6.45) is 0. The number of hydrogen-bond donors (Lipinski definition) is 0. The second kappa shape index (κ2) is 664. The van der Waals surface area contributed by atoms with Crippen LogP contribution in [0.4, 0.5) is 0 Å². The fourth-order valence-corrected chi connectivity index (χ4v) is 0. The van der Waals surface area contributed by atoms with Crippen molar-refractivity contribution in [1.29, 1.82) is 0 Å². The van der Waals surface area contributed by atoms with E-state index in [2.05, 4.69) is 0 Å². The molecular formula is CH2F6. The van der Waals surface area contributed by atoms with Crippen molar-refractivity contribution in [2.45, 2.75) is 0 Å². The molecule has 0 saturated carbocycles. The molecule has 0 N–H and O–H groups in total. The molecule has 0 aliphatic rings. The second-order valence-electron chi connectivity index (χ2n) is 0. The molecule has 0 amide bonds. The summed E-state index contributed by atoms with van der Waals surface area (Å²) in [4.78, 5) is 0. The van der Waals surface area contributed by atoms with Gasteiger partial charge in [0, 0.05) is 0 Å². The monoisotopic (exact) mass is 128 g/mol. The Labute approximate surface area is 40.1 Å². The van der Waals surface area contributed by atoms with Crippen LogP contribution in [-0.2, 0) is 0 Å². The summed E-state index contributed by atoms with van der Waals surface area (Å²) in [6.45, 7) is 0. The van der Waals surface area contributed by atoms with Crippen LogP contribution in [0.2, 0.25) is 0 Å². The molecule has 0 aliphatic carbocycles. The van der Waals surface area contributed by atoms with Gasteiger partial charge in [0.25, 0.3) is 0 Å². The molecule has 7 heavy (non-hydrogen) atoms. The molecule has 0 aliphatic heterocycles. The molecule has 6 heteroatoms. The topological polar surface area (TPSA) is 0 Å². The molecule has 0 nitrogen and oxygen atoms in total. The minimum atomic E-state index is 0. The van der Waals surface area contributed by atoms with Gasteiger partial charge in [-0.15, -0.1) is 0 Å². The first-order chi connectivity index (χ1) is 0. The van der Waals surface area contributed by atoms with Crippen LogP contribution in [0.25, 0.3) is 0 Å². The van der Waals surface area contributed by atoms with Gasteiger partial charge >= 0.3 is 10.3 Å². The summed E-state index contributed by atoms with van der Waals surface area (Å²) in [7, 11) is 0. The molecule has 48 valence electrons. The van der Waals surface area contributed by atoms with Gasteiger partial charge in [-0.1, -0.05) is 0 Å². The average molecular weight is 128 g/mol. The van der Waals surface area contributed by atoms with Crippen molar-refractivity contribution in [2.24, 2.45) is 0 Å². The van der Waals surface area contributed by atoms with Crippen LogP contribution in [0.5, 0.6) is 0 Å². The first-order valence-corrected chi connectivity index (χ1v) is 0. The van der Waals surface area contributed by atoms with Gasteiger partial charge in [0.2, 0.25) is 0 Å². The standard InChI is InChI=1S/C.6FH/h;6*1H/q+4;;;;;;/p-4. The van der Waals surface area contributed by atoms with E-state index < -0.39 is 0 Å². The molecular weight excluding hydrogens is 126 g/mol. The van der Waals surface area contributed by atoms with Gasteiger partial charge in [0.05, 0.1) is 0 Å². The van der Waals surface area contributed by atoms with Gasteiger partial charge in [0.1, 0.15) is 0 Å². The van der Waals surface area contributed by atoms with E-state index in [1.54, 1.807) is 0 Å². The summed E-state index contributed by atoms with van der Waals surface area (Å²) < 4.78 is 0. The van der Waals surface area contributed by atoms with Crippen molar-refractivity contribution >= 4 is 0 Å². The van der Waals surface area contributed by atoms with E-state index >= 15 is 0 Å². The zero-order valence-corrected chi connectivity index (χ0v) is 2.77. The van der Waals surface area contributed by atoms with Crippen molar-refractivity contribution in [1.82, 2.24) is 0 Å². The third-order valence-corrected chi connectivity index (χ3v) is 0. The van der Waals surface area contributed by atoms with E-state index in [4.69, 9.17) is 0 Å². The molecule has 0 aromatic heterocycles. The predicted octanol–water partition coefficient (Wildman–Crippen LogP) is -17.7. The number of rotatable bonds is 0. The van der Waals surface area contributed by atoms with Crippen LogP contribution in [0.15, 0.2) is 0 Å². The van der Waals surface area contributed by atoms with Crippen molar-refractivity contribution in [3.63, 3.8) is 0 Å². The fourth-order valence-electron chi connectivity index (χ4n) is 0. The van der Waals surface area contributed by atoms with Gasteiger partial charge < -0.3 is 28.2 Å². The number of hydrogen-bond acceptors (Lipinski definition) is 0. The van der Waals surface area contributed by atoms with Crippen LogP contribution >= 0.6 is 0 Å². The van der Waals surface area contributed by atoms with Crippen LogP contribution in [0.1, 0.15) is 2.85 Å². The number of halogens is 6. The molecule has 0 rings (SSSR count). The minimum absolute atomic E-state index is 0. The van der Waals surface area contributed by atoms with Crippen LogP contribution in [0, 0.1) is 7.43 Å². The van der Waals surface area contributed by atoms with Crippen LogP contribution < -0.4 is 28.2 Å². The average Bonchev–Trinajstić information content (AvgIpc) is 0. The van der Waals surface area contributed by atoms with Crippen molar-refractivity contribution in [3.05, 3.63) is 7.43 Å². The molecule has 0 heterocycles. The Bertz CT molecular complexity index is 11.0. The summed E-state index contributed by atoms with van der Waals surface area (Å²) in [6, 6.07) is 0. The quantitative estimate of drug-likeness (QED) is 0.284. The summed E-state index contributed by atoms with van der Waals surface area (Å²) in [5.74, 6) is 0. The van der Waals surface area contributed by atoms with Crippen LogP contribution in [0.3, 0.4) is 0 Å². The second-order valence-corrected chi connectivity index (χ2v) is 0. The Morgan fingerprint density at radius 2 is 0.429 bits per heavy atom. The zero-order valence-electron chi connectivity index (χ0n) is 4.77. The Kier molecular flexibility index (Phi) is 110000. The molecule has 0 aromatic rings. The normalized spacial score (nSPS) is 0. The minimum Gasteiger partial charge on any atom is -1.00 e. The summed E-state index contributed by atoms with van der Waals surface area (Å²) >= 11 is 0. The third kappa shape index (κ3) is 405. The maximum absolute atomic E-state index is 0. The maximum atomic E-state index is 0. The van der Waals surface area contributed by atoms with Crippen LogP contribution in [-0.4, -0.2) is 0 Å². The summed E-state index contributed by atoms with van der Waals surface area (Å²) in [5.41, 5.74) is 0. The molecule has 0 unspecified atom stereocenters. The Morgan fingerprint density at radius 1 is 0.429 bits per heavy atom. The fraction of sp³-hybridized carbons (Fsp3) is 0. The Balaban J connectivity index is 0. The first-order valence-electron chi connectivity index (χ1n) is 0.